The van der Waals surface area contributed by atoms with E-state index in [1.54, 1.807) is 0 Å². The third kappa shape index (κ3) is 5.00. The highest BCUT2D eigenvalue weighted by Crippen LogP contribution is 2.22. The molecule has 4 rings (SSSR count). The number of carbonyl (C=O) groups excluding carboxylic acids is 1. The van der Waals surface area contributed by atoms with Crippen LogP contribution in [0.5, 0.6) is 0 Å². The molecule has 0 aliphatic carbocycles. The molecule has 8 heteroatoms. The van der Waals surface area contributed by atoms with Gasteiger partial charge < -0.3 is 4.90 Å². The van der Waals surface area contributed by atoms with E-state index in [1.165, 1.54) is 5.56 Å². The van der Waals surface area contributed by atoms with Crippen LogP contribution in [0.4, 0.5) is 11.9 Å². The Bertz CT molecular complexity index is 981. The fourth-order valence-electron chi connectivity index (χ4n) is 3.80. The van der Waals surface area contributed by atoms with Crippen LogP contribution in [0.1, 0.15) is 35.6 Å². The zero-order valence-electron chi connectivity index (χ0n) is 17.4. The highest BCUT2D eigenvalue weighted by atomic mass is 16.2. The number of anilines is 2. The largest absolute Gasteiger partial charge is 0.340 e. The molecule has 1 aliphatic heterocycles. The molecular weight excluding hydrogens is 378 g/mol. The second-order valence-electron chi connectivity index (χ2n) is 7.82. The van der Waals surface area contributed by atoms with Gasteiger partial charge in [0.05, 0.1) is 5.92 Å². The minimum Gasteiger partial charge on any atom is -0.340 e. The summed E-state index contributed by atoms with van der Waals surface area (Å²) in [7, 11) is 0. The normalized spacial score (nSPS) is 16.5. The Morgan fingerprint density at radius 1 is 1.13 bits per heavy atom. The van der Waals surface area contributed by atoms with Gasteiger partial charge in [0.1, 0.15) is 5.82 Å². The Labute approximate surface area is 176 Å². The van der Waals surface area contributed by atoms with Gasteiger partial charge in [-0.2, -0.15) is 4.98 Å². The van der Waals surface area contributed by atoms with E-state index < -0.39 is 0 Å². The molecule has 1 saturated heterocycles. The zero-order chi connectivity index (χ0) is 20.9. The Kier molecular flexibility index (Phi) is 6.02. The minimum atomic E-state index is -0.144. The van der Waals surface area contributed by atoms with Crippen molar-refractivity contribution in [1.82, 2.24) is 25.1 Å². The fraction of sp³-hybridized carbons (Fsp3) is 0.409. The number of aromatic nitrogens is 5. The van der Waals surface area contributed by atoms with Gasteiger partial charge >= 0.3 is 0 Å². The molecule has 1 atom stereocenters. The zero-order valence-corrected chi connectivity index (χ0v) is 17.4. The summed E-state index contributed by atoms with van der Waals surface area (Å²) in [5.74, 6) is 1.60. The molecule has 0 saturated carbocycles. The van der Waals surface area contributed by atoms with Crippen LogP contribution < -0.4 is 10.2 Å². The van der Waals surface area contributed by atoms with Gasteiger partial charge in [0.25, 0.3) is 0 Å². The van der Waals surface area contributed by atoms with Crippen molar-refractivity contribution < 1.29 is 4.79 Å². The summed E-state index contributed by atoms with van der Waals surface area (Å²) >= 11 is 0. The van der Waals surface area contributed by atoms with Crippen LogP contribution in [0, 0.1) is 19.8 Å². The molecule has 156 valence electrons. The number of hydrogen-bond donors (Lipinski definition) is 2. The quantitative estimate of drug-likeness (QED) is 0.654. The molecule has 1 aliphatic rings. The van der Waals surface area contributed by atoms with Crippen LogP contribution >= 0.6 is 0 Å². The van der Waals surface area contributed by atoms with Crippen molar-refractivity contribution in [2.45, 2.75) is 39.5 Å². The summed E-state index contributed by atoms with van der Waals surface area (Å²) in [5.41, 5.74) is 3.12. The number of carbonyl (C=O) groups is 1. The number of piperidine rings is 1. The van der Waals surface area contributed by atoms with Crippen LogP contribution in [0.3, 0.4) is 0 Å². The average Bonchev–Trinajstić information content (AvgIpc) is 3.20. The maximum absolute atomic E-state index is 12.8. The second-order valence-corrected chi connectivity index (χ2v) is 7.82. The SMILES string of the molecule is Cc1cc(C)nc(N2CCC[C@@H](C(=O)Nc3n[nH]c(CCc4ccccc4)n3)C2)n1. The molecule has 3 aromatic rings. The summed E-state index contributed by atoms with van der Waals surface area (Å²) in [6.45, 7) is 5.38. The summed E-state index contributed by atoms with van der Waals surface area (Å²) in [6.07, 6.45) is 3.37. The van der Waals surface area contributed by atoms with Crippen molar-refractivity contribution >= 4 is 17.8 Å². The molecule has 8 nitrogen and oxygen atoms in total. The van der Waals surface area contributed by atoms with Gasteiger partial charge in [-0.3, -0.25) is 15.2 Å². The van der Waals surface area contributed by atoms with Crippen molar-refractivity contribution in [3.63, 3.8) is 0 Å². The van der Waals surface area contributed by atoms with Crippen LogP contribution in [-0.2, 0) is 17.6 Å². The van der Waals surface area contributed by atoms with Crippen LogP contribution in [0.15, 0.2) is 36.4 Å². The van der Waals surface area contributed by atoms with E-state index in [4.69, 9.17) is 0 Å². The predicted molar refractivity (Wildman–Crippen MR) is 115 cm³/mol. The number of aryl methyl sites for hydroxylation is 4. The number of aromatic amines is 1. The number of hydrogen-bond acceptors (Lipinski definition) is 6. The van der Waals surface area contributed by atoms with Gasteiger partial charge in [-0.05, 0) is 44.7 Å². The number of benzene rings is 1. The van der Waals surface area contributed by atoms with Crippen molar-refractivity contribution in [3.8, 4) is 0 Å². The van der Waals surface area contributed by atoms with Crippen molar-refractivity contribution in [2.24, 2.45) is 5.92 Å². The lowest BCUT2D eigenvalue weighted by molar-refractivity contribution is -0.120. The van der Waals surface area contributed by atoms with E-state index >= 15 is 0 Å². The van der Waals surface area contributed by atoms with E-state index in [2.05, 4.69) is 47.5 Å². The fourth-order valence-corrected chi connectivity index (χ4v) is 3.80. The average molecular weight is 406 g/mol. The molecule has 3 heterocycles. The molecule has 2 aromatic heterocycles. The lowest BCUT2D eigenvalue weighted by Crippen LogP contribution is -2.41. The third-order valence-corrected chi connectivity index (χ3v) is 5.31. The number of nitrogens with one attached hydrogen (secondary N) is 2. The molecule has 0 unspecified atom stereocenters. The highest BCUT2D eigenvalue weighted by molar-refractivity contribution is 5.91. The summed E-state index contributed by atoms with van der Waals surface area (Å²) < 4.78 is 0. The monoisotopic (exact) mass is 405 g/mol. The van der Waals surface area contributed by atoms with Crippen molar-refractivity contribution in [1.29, 1.82) is 0 Å². The molecule has 0 spiro atoms. The van der Waals surface area contributed by atoms with Crippen LogP contribution in [0.25, 0.3) is 0 Å². The molecule has 1 fully saturated rings. The van der Waals surface area contributed by atoms with Gasteiger partial charge in [0.2, 0.25) is 17.8 Å². The minimum absolute atomic E-state index is 0.0577. The molecule has 0 bridgehead atoms. The topological polar surface area (TPSA) is 99.7 Å². The summed E-state index contributed by atoms with van der Waals surface area (Å²) in [4.78, 5) is 28.4. The Hall–Kier alpha value is -3.29. The molecule has 30 heavy (non-hydrogen) atoms. The van der Waals surface area contributed by atoms with Crippen LogP contribution in [0.2, 0.25) is 0 Å². The first-order chi connectivity index (χ1) is 14.6. The Balaban J connectivity index is 1.34. The standard InChI is InChI=1S/C22H27N7O/c1-15-13-16(2)24-22(23-15)29-12-6-9-18(14-29)20(30)26-21-25-19(27-28-21)11-10-17-7-4-3-5-8-17/h3-5,7-8,13,18H,6,9-12,14H2,1-2H3,(H2,25,26,27,28,30)/t18-/m1/s1. The van der Waals surface area contributed by atoms with E-state index in [0.717, 1.165) is 49.4 Å². The van der Waals surface area contributed by atoms with E-state index in [0.29, 0.717) is 18.4 Å². The maximum Gasteiger partial charge on any atom is 0.248 e. The van der Waals surface area contributed by atoms with Gasteiger partial charge in [0, 0.05) is 30.9 Å². The Morgan fingerprint density at radius 3 is 2.67 bits per heavy atom. The summed E-state index contributed by atoms with van der Waals surface area (Å²) in [6, 6.07) is 12.2. The molecule has 1 amide bonds. The molecule has 2 N–H and O–H groups in total. The summed E-state index contributed by atoms with van der Waals surface area (Å²) in [5, 5.41) is 9.95. The van der Waals surface area contributed by atoms with Crippen molar-refractivity contribution in [3.05, 3.63) is 59.2 Å². The Morgan fingerprint density at radius 2 is 1.90 bits per heavy atom. The van der Waals surface area contributed by atoms with Crippen molar-refractivity contribution in [2.75, 3.05) is 23.3 Å². The van der Waals surface area contributed by atoms with Gasteiger partial charge in [-0.15, -0.1) is 5.10 Å². The smallest absolute Gasteiger partial charge is 0.248 e. The van der Waals surface area contributed by atoms with E-state index in [-0.39, 0.29) is 11.8 Å². The maximum atomic E-state index is 12.8. The van der Waals surface area contributed by atoms with E-state index in [9.17, 15) is 4.79 Å². The molecular formula is C22H27N7O. The number of H-pyrrole nitrogens is 1. The first kappa shape index (κ1) is 20.0. The first-order valence-electron chi connectivity index (χ1n) is 10.4. The van der Waals surface area contributed by atoms with Gasteiger partial charge in [-0.25, -0.2) is 9.97 Å². The van der Waals surface area contributed by atoms with Gasteiger partial charge in [-0.1, -0.05) is 30.3 Å². The molecule has 1 aromatic carbocycles. The second kappa shape index (κ2) is 9.02. The predicted octanol–water partition coefficient (Wildman–Crippen LogP) is 2.85. The lowest BCUT2D eigenvalue weighted by Gasteiger charge is -2.32. The number of amides is 1. The van der Waals surface area contributed by atoms with Crippen LogP contribution in [-0.4, -0.2) is 44.1 Å². The number of nitrogens with zero attached hydrogens (tertiary/aromatic N) is 5. The van der Waals surface area contributed by atoms with Gasteiger partial charge in [0.15, 0.2) is 0 Å². The highest BCUT2D eigenvalue weighted by Gasteiger charge is 2.28. The third-order valence-electron chi connectivity index (χ3n) is 5.31. The number of rotatable bonds is 6. The van der Waals surface area contributed by atoms with E-state index in [1.807, 2.05) is 38.1 Å². The first-order valence-corrected chi connectivity index (χ1v) is 10.4. The lowest BCUT2D eigenvalue weighted by atomic mass is 9.97. The molecule has 0 radical (unpaired) electrons.